The standard InChI is InChI=1S/C16H14N2O/c1-12(10-17)16(14-6-4-8-18-11-14)13-5-3-7-15(9-13)19-2/h3-9,11H,1-2H3. The number of nitrogens with zero attached hydrogens (tertiary/aromatic N) is 2. The van der Waals surface area contributed by atoms with Crippen LogP contribution in [0.4, 0.5) is 0 Å². The van der Waals surface area contributed by atoms with Crippen LogP contribution in [-0.4, -0.2) is 12.1 Å². The van der Waals surface area contributed by atoms with E-state index in [0.29, 0.717) is 5.57 Å². The third-order valence-electron chi connectivity index (χ3n) is 2.85. The number of allylic oxidation sites excluding steroid dienone is 1. The van der Waals surface area contributed by atoms with Gasteiger partial charge in [-0.25, -0.2) is 0 Å². The Balaban J connectivity index is 2.61. The molecule has 0 saturated heterocycles. The monoisotopic (exact) mass is 250 g/mol. The molecule has 0 fully saturated rings. The van der Waals surface area contributed by atoms with Gasteiger partial charge in [-0.3, -0.25) is 4.98 Å². The molecule has 0 N–H and O–H groups in total. The molecule has 0 aliphatic rings. The number of pyridine rings is 1. The number of ether oxygens (including phenoxy) is 1. The van der Waals surface area contributed by atoms with Crippen LogP contribution < -0.4 is 4.74 Å². The Labute approximate surface area is 112 Å². The van der Waals surface area contributed by atoms with E-state index in [1.165, 1.54) is 0 Å². The average molecular weight is 250 g/mol. The van der Waals surface area contributed by atoms with Gasteiger partial charge in [-0.1, -0.05) is 18.2 Å². The lowest BCUT2D eigenvalue weighted by Gasteiger charge is -2.10. The zero-order valence-electron chi connectivity index (χ0n) is 10.9. The molecule has 0 atom stereocenters. The van der Waals surface area contributed by atoms with E-state index in [0.717, 1.165) is 22.4 Å². The number of aromatic nitrogens is 1. The molecule has 3 nitrogen and oxygen atoms in total. The van der Waals surface area contributed by atoms with Crippen molar-refractivity contribution in [1.82, 2.24) is 4.98 Å². The summed E-state index contributed by atoms with van der Waals surface area (Å²) in [5, 5.41) is 9.19. The normalized spacial score (nSPS) is 11.4. The van der Waals surface area contributed by atoms with Crippen LogP contribution in [-0.2, 0) is 0 Å². The van der Waals surface area contributed by atoms with Crippen molar-refractivity contribution in [3.05, 3.63) is 65.5 Å². The van der Waals surface area contributed by atoms with E-state index in [1.807, 2.05) is 43.3 Å². The van der Waals surface area contributed by atoms with E-state index < -0.39 is 0 Å². The molecule has 19 heavy (non-hydrogen) atoms. The Morgan fingerprint density at radius 1 is 1.21 bits per heavy atom. The Hall–Kier alpha value is -2.60. The Kier molecular flexibility index (Phi) is 3.94. The van der Waals surface area contributed by atoms with Gasteiger partial charge in [0.2, 0.25) is 0 Å². The van der Waals surface area contributed by atoms with E-state index >= 15 is 0 Å². The van der Waals surface area contributed by atoms with Crippen molar-refractivity contribution in [2.75, 3.05) is 7.11 Å². The van der Waals surface area contributed by atoms with E-state index in [2.05, 4.69) is 11.1 Å². The van der Waals surface area contributed by atoms with Gasteiger partial charge in [0.25, 0.3) is 0 Å². The van der Waals surface area contributed by atoms with E-state index in [9.17, 15) is 5.26 Å². The van der Waals surface area contributed by atoms with Gasteiger partial charge in [0.1, 0.15) is 5.75 Å². The van der Waals surface area contributed by atoms with Crippen LogP contribution in [0.2, 0.25) is 0 Å². The van der Waals surface area contributed by atoms with Gasteiger partial charge in [0.15, 0.2) is 0 Å². The highest BCUT2D eigenvalue weighted by Crippen LogP contribution is 2.28. The molecular formula is C16H14N2O. The summed E-state index contributed by atoms with van der Waals surface area (Å²) in [6.07, 6.45) is 3.48. The first-order valence-corrected chi connectivity index (χ1v) is 5.92. The van der Waals surface area contributed by atoms with Gasteiger partial charge in [-0.15, -0.1) is 0 Å². The van der Waals surface area contributed by atoms with Gasteiger partial charge >= 0.3 is 0 Å². The maximum atomic E-state index is 9.19. The van der Waals surface area contributed by atoms with Crippen molar-refractivity contribution in [1.29, 1.82) is 5.26 Å². The minimum Gasteiger partial charge on any atom is -0.497 e. The maximum absolute atomic E-state index is 9.19. The molecule has 0 bridgehead atoms. The highest BCUT2D eigenvalue weighted by molar-refractivity contribution is 5.83. The summed E-state index contributed by atoms with van der Waals surface area (Å²) in [6.45, 7) is 1.81. The molecule has 1 aromatic heterocycles. The first-order chi connectivity index (χ1) is 9.26. The molecule has 2 aromatic rings. The van der Waals surface area contributed by atoms with E-state index in [1.54, 1.807) is 19.5 Å². The van der Waals surface area contributed by atoms with Crippen LogP contribution in [0.1, 0.15) is 18.1 Å². The highest BCUT2D eigenvalue weighted by atomic mass is 16.5. The topological polar surface area (TPSA) is 45.9 Å². The summed E-state index contributed by atoms with van der Waals surface area (Å²) in [6, 6.07) is 13.7. The number of hydrogen-bond donors (Lipinski definition) is 0. The van der Waals surface area contributed by atoms with Crippen LogP contribution >= 0.6 is 0 Å². The summed E-state index contributed by atoms with van der Waals surface area (Å²) < 4.78 is 5.23. The molecule has 0 spiro atoms. The van der Waals surface area contributed by atoms with Gasteiger partial charge in [-0.05, 0) is 30.7 Å². The predicted molar refractivity (Wildman–Crippen MR) is 74.5 cm³/mol. The third-order valence-corrected chi connectivity index (χ3v) is 2.85. The fourth-order valence-electron chi connectivity index (χ4n) is 1.94. The van der Waals surface area contributed by atoms with Gasteiger partial charge in [-0.2, -0.15) is 5.26 Å². The summed E-state index contributed by atoms with van der Waals surface area (Å²) in [7, 11) is 1.63. The van der Waals surface area contributed by atoms with Crippen LogP contribution in [0.25, 0.3) is 5.57 Å². The SMILES string of the molecule is COc1cccc(C(=C(C)C#N)c2cccnc2)c1. The second-order valence-corrected chi connectivity index (χ2v) is 4.09. The maximum Gasteiger partial charge on any atom is 0.119 e. The molecule has 3 heteroatoms. The summed E-state index contributed by atoms with van der Waals surface area (Å²) in [4.78, 5) is 4.12. The minimum absolute atomic E-state index is 0.654. The summed E-state index contributed by atoms with van der Waals surface area (Å²) in [5.41, 5.74) is 3.41. The largest absolute Gasteiger partial charge is 0.497 e. The fraction of sp³-hybridized carbons (Fsp3) is 0.125. The van der Waals surface area contributed by atoms with E-state index in [-0.39, 0.29) is 0 Å². The Morgan fingerprint density at radius 3 is 2.63 bits per heavy atom. The Morgan fingerprint density at radius 2 is 2.00 bits per heavy atom. The lowest BCUT2D eigenvalue weighted by molar-refractivity contribution is 0.414. The van der Waals surface area contributed by atoms with Crippen molar-refractivity contribution >= 4 is 5.57 Å². The molecule has 0 radical (unpaired) electrons. The van der Waals surface area contributed by atoms with Gasteiger partial charge in [0, 0.05) is 29.1 Å². The molecular weight excluding hydrogens is 236 g/mol. The molecule has 2 rings (SSSR count). The zero-order chi connectivity index (χ0) is 13.7. The highest BCUT2D eigenvalue weighted by Gasteiger charge is 2.10. The lowest BCUT2D eigenvalue weighted by atomic mass is 9.95. The summed E-state index contributed by atoms with van der Waals surface area (Å²) in [5.74, 6) is 0.768. The van der Waals surface area contributed by atoms with Gasteiger partial charge < -0.3 is 4.74 Å². The average Bonchev–Trinajstić information content (AvgIpc) is 2.48. The van der Waals surface area contributed by atoms with Crippen LogP contribution in [0.3, 0.4) is 0 Å². The van der Waals surface area contributed by atoms with Crippen molar-refractivity contribution in [2.45, 2.75) is 6.92 Å². The Bertz CT molecular complexity index is 639. The van der Waals surface area contributed by atoms with Crippen LogP contribution in [0, 0.1) is 11.3 Å². The van der Waals surface area contributed by atoms with Crippen molar-refractivity contribution in [3.63, 3.8) is 0 Å². The van der Waals surface area contributed by atoms with Crippen molar-refractivity contribution in [3.8, 4) is 11.8 Å². The second kappa shape index (κ2) is 5.83. The summed E-state index contributed by atoms with van der Waals surface area (Å²) >= 11 is 0. The molecule has 0 saturated carbocycles. The van der Waals surface area contributed by atoms with Gasteiger partial charge in [0.05, 0.1) is 13.2 Å². The number of hydrogen-bond acceptors (Lipinski definition) is 3. The quantitative estimate of drug-likeness (QED) is 0.784. The van der Waals surface area contributed by atoms with Crippen molar-refractivity contribution in [2.24, 2.45) is 0 Å². The lowest BCUT2D eigenvalue weighted by Crippen LogP contribution is -1.93. The third kappa shape index (κ3) is 2.80. The molecule has 0 aliphatic heterocycles. The molecule has 1 heterocycles. The second-order valence-electron chi connectivity index (χ2n) is 4.09. The first kappa shape index (κ1) is 12.8. The predicted octanol–water partition coefficient (Wildman–Crippen LogP) is 3.44. The van der Waals surface area contributed by atoms with Crippen LogP contribution in [0.15, 0.2) is 54.4 Å². The molecule has 0 unspecified atom stereocenters. The molecule has 1 aromatic carbocycles. The molecule has 94 valence electrons. The molecule has 0 aliphatic carbocycles. The van der Waals surface area contributed by atoms with Crippen molar-refractivity contribution < 1.29 is 4.74 Å². The number of nitriles is 1. The number of benzene rings is 1. The fourth-order valence-corrected chi connectivity index (χ4v) is 1.94. The number of rotatable bonds is 3. The minimum atomic E-state index is 0.654. The zero-order valence-corrected chi connectivity index (χ0v) is 10.9. The molecule has 0 amide bonds. The number of methoxy groups -OCH3 is 1. The van der Waals surface area contributed by atoms with E-state index in [4.69, 9.17) is 4.74 Å². The van der Waals surface area contributed by atoms with Crippen LogP contribution in [0.5, 0.6) is 5.75 Å². The first-order valence-electron chi connectivity index (χ1n) is 5.92. The smallest absolute Gasteiger partial charge is 0.119 e.